The third-order valence-electron chi connectivity index (χ3n) is 2.35. The van der Waals surface area contributed by atoms with Gasteiger partial charge in [-0.05, 0) is 41.2 Å². The number of aromatic nitrogens is 4. The standard InChI is InChI=1S/C12H10Cl2N6OS/c1-20-18-11(17-19-20)16-12(22)15-10(21)5-3-7-2-4-8(13)6-9(7)14/h2-6H,1H3,(H2,15,16,18,21,22)/b5-3+. The normalized spacial score (nSPS) is 10.7. The lowest BCUT2D eigenvalue weighted by atomic mass is 10.2. The van der Waals surface area contributed by atoms with Crippen LogP contribution in [0.3, 0.4) is 0 Å². The van der Waals surface area contributed by atoms with Crippen molar-refractivity contribution < 1.29 is 4.79 Å². The zero-order valence-electron chi connectivity index (χ0n) is 11.2. The summed E-state index contributed by atoms with van der Waals surface area (Å²) in [6, 6.07) is 4.97. The highest BCUT2D eigenvalue weighted by Gasteiger charge is 2.05. The second-order valence-electron chi connectivity index (χ2n) is 4.05. The van der Waals surface area contributed by atoms with Gasteiger partial charge >= 0.3 is 0 Å². The van der Waals surface area contributed by atoms with Gasteiger partial charge in [-0.25, -0.2) is 0 Å². The van der Waals surface area contributed by atoms with Gasteiger partial charge in [0.2, 0.25) is 5.91 Å². The van der Waals surface area contributed by atoms with Gasteiger partial charge in [0.25, 0.3) is 5.95 Å². The van der Waals surface area contributed by atoms with E-state index in [0.29, 0.717) is 15.6 Å². The van der Waals surface area contributed by atoms with Crippen LogP contribution in [-0.4, -0.2) is 31.2 Å². The first-order chi connectivity index (χ1) is 10.4. The summed E-state index contributed by atoms with van der Waals surface area (Å²) >= 11 is 16.8. The molecule has 0 aliphatic rings. The van der Waals surface area contributed by atoms with Crippen LogP contribution >= 0.6 is 35.4 Å². The summed E-state index contributed by atoms with van der Waals surface area (Å²) in [5, 5.41) is 17.3. The van der Waals surface area contributed by atoms with Crippen molar-refractivity contribution >= 4 is 58.5 Å². The molecule has 1 aromatic carbocycles. The van der Waals surface area contributed by atoms with Crippen LogP contribution in [0.1, 0.15) is 5.56 Å². The molecule has 0 saturated heterocycles. The molecule has 0 spiro atoms. The Kier molecular flexibility index (Phi) is 5.42. The predicted octanol–water partition coefficient (Wildman–Crippen LogP) is 2.04. The number of hydrogen-bond donors (Lipinski definition) is 2. The molecule has 2 N–H and O–H groups in total. The zero-order valence-corrected chi connectivity index (χ0v) is 13.6. The number of nitrogens with one attached hydrogen (secondary N) is 2. The Morgan fingerprint density at radius 3 is 2.82 bits per heavy atom. The molecule has 22 heavy (non-hydrogen) atoms. The average molecular weight is 357 g/mol. The van der Waals surface area contributed by atoms with Crippen LogP contribution in [0.5, 0.6) is 0 Å². The maximum absolute atomic E-state index is 11.7. The summed E-state index contributed by atoms with van der Waals surface area (Å²) in [4.78, 5) is 13.0. The summed E-state index contributed by atoms with van der Waals surface area (Å²) in [5.74, 6) is -0.232. The lowest BCUT2D eigenvalue weighted by Gasteiger charge is -2.03. The summed E-state index contributed by atoms with van der Waals surface area (Å²) in [6.45, 7) is 0. The van der Waals surface area contributed by atoms with Gasteiger partial charge in [0.15, 0.2) is 5.11 Å². The summed E-state index contributed by atoms with van der Waals surface area (Å²) in [5.41, 5.74) is 0.663. The lowest BCUT2D eigenvalue weighted by molar-refractivity contribution is -0.115. The first-order valence-corrected chi connectivity index (χ1v) is 7.09. The van der Waals surface area contributed by atoms with Crippen LogP contribution in [-0.2, 0) is 11.8 Å². The third-order valence-corrected chi connectivity index (χ3v) is 3.11. The van der Waals surface area contributed by atoms with Crippen molar-refractivity contribution in [3.05, 3.63) is 39.9 Å². The fourth-order valence-corrected chi connectivity index (χ4v) is 2.09. The molecule has 0 atom stereocenters. The van der Waals surface area contributed by atoms with Crippen LogP contribution in [0.25, 0.3) is 6.08 Å². The number of anilines is 1. The highest BCUT2D eigenvalue weighted by molar-refractivity contribution is 7.80. The SMILES string of the molecule is Cn1nnc(NC(=S)NC(=O)/C=C/c2ccc(Cl)cc2Cl)n1. The van der Waals surface area contributed by atoms with Gasteiger partial charge in [-0.15, -0.1) is 5.10 Å². The van der Waals surface area contributed by atoms with Gasteiger partial charge in [-0.2, -0.15) is 4.80 Å². The smallest absolute Gasteiger partial charge is 0.269 e. The molecule has 10 heteroatoms. The Balaban J connectivity index is 1.91. The molecule has 7 nitrogen and oxygen atoms in total. The Morgan fingerprint density at radius 2 is 2.18 bits per heavy atom. The number of aryl methyl sites for hydroxylation is 1. The molecule has 1 heterocycles. The van der Waals surface area contributed by atoms with E-state index in [-0.39, 0.29) is 11.1 Å². The van der Waals surface area contributed by atoms with Crippen LogP contribution < -0.4 is 10.6 Å². The molecule has 2 rings (SSSR count). The first kappa shape index (κ1) is 16.3. The summed E-state index contributed by atoms with van der Waals surface area (Å²) in [7, 11) is 1.61. The monoisotopic (exact) mass is 356 g/mol. The van der Waals surface area contributed by atoms with Crippen molar-refractivity contribution in [2.24, 2.45) is 7.05 Å². The number of thiocarbonyl (C=S) groups is 1. The van der Waals surface area contributed by atoms with E-state index in [1.165, 1.54) is 10.9 Å². The number of benzene rings is 1. The lowest BCUT2D eigenvalue weighted by Crippen LogP contribution is -2.33. The van der Waals surface area contributed by atoms with Crippen molar-refractivity contribution in [2.45, 2.75) is 0 Å². The molecule has 2 aromatic rings. The molecule has 0 bridgehead atoms. The number of amides is 1. The molecular formula is C12H10Cl2N6OS. The number of halogens is 2. The van der Waals surface area contributed by atoms with Crippen LogP contribution in [0.2, 0.25) is 10.0 Å². The average Bonchev–Trinajstić information content (AvgIpc) is 2.82. The van der Waals surface area contributed by atoms with E-state index in [2.05, 4.69) is 26.0 Å². The van der Waals surface area contributed by atoms with E-state index in [4.69, 9.17) is 35.4 Å². The Bertz CT molecular complexity index is 745. The topological polar surface area (TPSA) is 84.7 Å². The van der Waals surface area contributed by atoms with Crippen molar-refractivity contribution in [1.82, 2.24) is 25.5 Å². The van der Waals surface area contributed by atoms with E-state index in [1.54, 1.807) is 31.3 Å². The molecule has 114 valence electrons. The highest BCUT2D eigenvalue weighted by Crippen LogP contribution is 2.21. The van der Waals surface area contributed by atoms with Gasteiger partial charge in [-0.1, -0.05) is 34.4 Å². The predicted molar refractivity (Wildman–Crippen MR) is 88.7 cm³/mol. The molecule has 0 aliphatic carbocycles. The van der Waals surface area contributed by atoms with Crippen molar-refractivity contribution in [3.8, 4) is 0 Å². The molecule has 0 fully saturated rings. The molecule has 1 amide bonds. The maximum atomic E-state index is 11.7. The van der Waals surface area contributed by atoms with Crippen LogP contribution in [0.4, 0.5) is 5.95 Å². The highest BCUT2D eigenvalue weighted by atomic mass is 35.5. The number of carbonyl (C=O) groups excluding carboxylic acids is 1. The van der Waals surface area contributed by atoms with Gasteiger partial charge in [0.1, 0.15) is 0 Å². The molecule has 1 aromatic heterocycles. The van der Waals surface area contributed by atoms with Gasteiger partial charge < -0.3 is 0 Å². The zero-order chi connectivity index (χ0) is 16.1. The molecule has 0 radical (unpaired) electrons. The quantitative estimate of drug-likeness (QED) is 0.646. The number of hydrogen-bond acceptors (Lipinski definition) is 5. The van der Waals surface area contributed by atoms with Crippen molar-refractivity contribution in [2.75, 3.05) is 5.32 Å². The van der Waals surface area contributed by atoms with E-state index in [0.717, 1.165) is 0 Å². The Hall–Kier alpha value is -2.03. The van der Waals surface area contributed by atoms with E-state index >= 15 is 0 Å². The van der Waals surface area contributed by atoms with Gasteiger partial charge in [0.05, 0.1) is 7.05 Å². The van der Waals surface area contributed by atoms with Crippen molar-refractivity contribution in [3.63, 3.8) is 0 Å². The van der Waals surface area contributed by atoms with E-state index in [9.17, 15) is 4.79 Å². The first-order valence-electron chi connectivity index (χ1n) is 5.93. The minimum absolute atomic E-state index is 0.0600. The van der Waals surface area contributed by atoms with Crippen molar-refractivity contribution in [1.29, 1.82) is 0 Å². The largest absolute Gasteiger partial charge is 0.299 e. The van der Waals surface area contributed by atoms with Crippen LogP contribution in [0.15, 0.2) is 24.3 Å². The minimum Gasteiger partial charge on any atom is -0.299 e. The fraction of sp³-hybridized carbons (Fsp3) is 0.0833. The fourth-order valence-electron chi connectivity index (χ4n) is 1.42. The number of nitrogens with zero attached hydrogens (tertiary/aromatic N) is 4. The Morgan fingerprint density at radius 1 is 1.41 bits per heavy atom. The summed E-state index contributed by atoms with van der Waals surface area (Å²) in [6.07, 6.45) is 2.85. The Labute approximate surface area is 141 Å². The number of tetrazole rings is 1. The molecule has 0 unspecified atom stereocenters. The van der Waals surface area contributed by atoms with Crippen LogP contribution in [0, 0.1) is 0 Å². The molecular weight excluding hydrogens is 347 g/mol. The number of rotatable bonds is 3. The second-order valence-corrected chi connectivity index (χ2v) is 5.30. The number of carbonyl (C=O) groups is 1. The summed E-state index contributed by atoms with van der Waals surface area (Å²) < 4.78 is 0. The molecule has 0 aliphatic heterocycles. The van der Waals surface area contributed by atoms with Gasteiger partial charge in [-0.3, -0.25) is 15.4 Å². The second kappa shape index (κ2) is 7.30. The minimum atomic E-state index is -0.424. The van der Waals surface area contributed by atoms with E-state index < -0.39 is 5.91 Å². The third kappa shape index (κ3) is 4.76. The van der Waals surface area contributed by atoms with Gasteiger partial charge in [0, 0.05) is 16.1 Å². The maximum Gasteiger partial charge on any atom is 0.269 e. The van der Waals surface area contributed by atoms with E-state index in [1.807, 2.05) is 0 Å². The molecule has 0 saturated carbocycles.